The minimum Gasteiger partial charge on any atom is -0.494 e. The van der Waals surface area contributed by atoms with Crippen LogP contribution in [0.15, 0.2) is 24.3 Å². The fraction of sp³-hybridized carbons (Fsp3) is 0.533. The molecule has 0 aliphatic carbocycles. The lowest BCUT2D eigenvalue weighted by Crippen LogP contribution is -2.36. The average Bonchev–Trinajstić information content (AvgIpc) is 2.38. The predicted octanol–water partition coefficient (Wildman–Crippen LogP) is 3.25. The van der Waals surface area contributed by atoms with Crippen LogP contribution in [0, 0.1) is 5.92 Å². The van der Waals surface area contributed by atoms with E-state index in [1.54, 1.807) is 12.1 Å². The van der Waals surface area contributed by atoms with Gasteiger partial charge in [0.1, 0.15) is 5.75 Å². The molecule has 0 aliphatic heterocycles. The van der Waals surface area contributed by atoms with Crippen LogP contribution >= 0.6 is 0 Å². The molecule has 0 radical (unpaired) electrons. The highest BCUT2D eigenvalue weighted by Crippen LogP contribution is 2.14. The van der Waals surface area contributed by atoms with E-state index in [1.807, 2.05) is 26.0 Å². The first kappa shape index (κ1) is 14.6. The number of carbonyl (C=O) groups excluding carboxylic acids is 1. The van der Waals surface area contributed by atoms with Crippen LogP contribution in [0.4, 0.5) is 0 Å². The maximum absolute atomic E-state index is 12.1. The van der Waals surface area contributed by atoms with Gasteiger partial charge in [0, 0.05) is 11.6 Å². The first-order valence-electron chi connectivity index (χ1n) is 6.62. The molecule has 100 valence electrons. The summed E-state index contributed by atoms with van der Waals surface area (Å²) in [6.07, 6.45) is 1.06. The van der Waals surface area contributed by atoms with E-state index < -0.39 is 0 Å². The zero-order chi connectivity index (χ0) is 13.5. The first-order valence-corrected chi connectivity index (χ1v) is 6.62. The number of ether oxygens (including phenoxy) is 1. The summed E-state index contributed by atoms with van der Waals surface area (Å²) in [6, 6.07) is 7.47. The Morgan fingerprint density at radius 3 is 2.67 bits per heavy atom. The molecule has 1 aromatic rings. The van der Waals surface area contributed by atoms with E-state index in [0.717, 1.165) is 12.2 Å². The van der Waals surface area contributed by atoms with Gasteiger partial charge in [0.15, 0.2) is 0 Å². The van der Waals surface area contributed by atoms with Gasteiger partial charge in [0.2, 0.25) is 0 Å². The Balaban J connectivity index is 2.69. The number of nitrogens with one attached hydrogen (secondary N) is 1. The Morgan fingerprint density at radius 2 is 2.06 bits per heavy atom. The van der Waals surface area contributed by atoms with E-state index in [0.29, 0.717) is 18.1 Å². The Kier molecular flexibility index (Phi) is 5.69. The zero-order valence-electron chi connectivity index (χ0n) is 11.7. The van der Waals surface area contributed by atoms with Gasteiger partial charge in [-0.05, 0) is 38.0 Å². The van der Waals surface area contributed by atoms with Gasteiger partial charge in [-0.15, -0.1) is 0 Å². The highest BCUT2D eigenvalue weighted by atomic mass is 16.5. The number of rotatable bonds is 6. The lowest BCUT2D eigenvalue weighted by atomic mass is 10.0. The Hall–Kier alpha value is -1.51. The summed E-state index contributed by atoms with van der Waals surface area (Å²) in [5.41, 5.74) is 0.649. The SMILES string of the molecule is CCOc1cccc(C(=O)N[C@@H](C)C(C)CC)c1. The van der Waals surface area contributed by atoms with E-state index in [4.69, 9.17) is 4.74 Å². The molecule has 3 heteroatoms. The minimum absolute atomic E-state index is 0.0376. The molecule has 1 aromatic carbocycles. The molecule has 1 rings (SSSR count). The third-order valence-electron chi connectivity index (χ3n) is 3.26. The van der Waals surface area contributed by atoms with E-state index in [1.165, 1.54) is 0 Å². The van der Waals surface area contributed by atoms with Crippen LogP contribution in [0.5, 0.6) is 5.75 Å². The molecule has 18 heavy (non-hydrogen) atoms. The maximum Gasteiger partial charge on any atom is 0.251 e. The maximum atomic E-state index is 12.1. The summed E-state index contributed by atoms with van der Waals surface area (Å²) >= 11 is 0. The number of hydrogen-bond donors (Lipinski definition) is 1. The summed E-state index contributed by atoms with van der Waals surface area (Å²) < 4.78 is 5.39. The largest absolute Gasteiger partial charge is 0.494 e. The van der Waals surface area contributed by atoms with Gasteiger partial charge < -0.3 is 10.1 Å². The average molecular weight is 249 g/mol. The van der Waals surface area contributed by atoms with Gasteiger partial charge >= 0.3 is 0 Å². The Bertz CT molecular complexity index is 390. The van der Waals surface area contributed by atoms with Crippen LogP contribution < -0.4 is 10.1 Å². The van der Waals surface area contributed by atoms with E-state index in [9.17, 15) is 4.79 Å². The van der Waals surface area contributed by atoms with Crippen LogP contribution in [-0.4, -0.2) is 18.6 Å². The number of carbonyl (C=O) groups is 1. The molecular weight excluding hydrogens is 226 g/mol. The van der Waals surface area contributed by atoms with Crippen molar-refractivity contribution in [3.8, 4) is 5.75 Å². The van der Waals surface area contributed by atoms with Crippen molar-refractivity contribution in [1.29, 1.82) is 0 Å². The molecule has 3 nitrogen and oxygen atoms in total. The molecule has 0 heterocycles. The normalized spacial score (nSPS) is 13.8. The molecule has 0 spiro atoms. The molecule has 0 saturated heterocycles. The van der Waals surface area contributed by atoms with Crippen molar-refractivity contribution in [2.75, 3.05) is 6.61 Å². The highest BCUT2D eigenvalue weighted by molar-refractivity contribution is 5.94. The van der Waals surface area contributed by atoms with E-state index >= 15 is 0 Å². The molecule has 2 atom stereocenters. The van der Waals surface area contributed by atoms with Gasteiger partial charge in [0.25, 0.3) is 5.91 Å². The second kappa shape index (κ2) is 7.04. The van der Waals surface area contributed by atoms with Crippen molar-refractivity contribution in [2.45, 2.75) is 40.2 Å². The van der Waals surface area contributed by atoms with Crippen molar-refractivity contribution in [1.82, 2.24) is 5.32 Å². The third kappa shape index (κ3) is 4.06. The van der Waals surface area contributed by atoms with E-state index in [2.05, 4.69) is 19.2 Å². The Labute approximate surface area is 110 Å². The number of amides is 1. The number of hydrogen-bond acceptors (Lipinski definition) is 2. The zero-order valence-corrected chi connectivity index (χ0v) is 11.7. The van der Waals surface area contributed by atoms with Crippen molar-refractivity contribution < 1.29 is 9.53 Å². The summed E-state index contributed by atoms with van der Waals surface area (Å²) in [5, 5.41) is 3.02. The van der Waals surface area contributed by atoms with Crippen LogP contribution in [0.3, 0.4) is 0 Å². The molecule has 1 amide bonds. The highest BCUT2D eigenvalue weighted by Gasteiger charge is 2.14. The summed E-state index contributed by atoms with van der Waals surface area (Å²) in [6.45, 7) is 8.84. The van der Waals surface area contributed by atoms with Gasteiger partial charge in [-0.3, -0.25) is 4.79 Å². The molecule has 1 unspecified atom stereocenters. The minimum atomic E-state index is -0.0376. The molecular formula is C15H23NO2. The quantitative estimate of drug-likeness (QED) is 0.840. The summed E-state index contributed by atoms with van der Waals surface area (Å²) in [5.74, 6) is 1.18. The van der Waals surface area contributed by atoms with Crippen molar-refractivity contribution in [2.24, 2.45) is 5.92 Å². The second-order valence-corrected chi connectivity index (χ2v) is 4.61. The van der Waals surface area contributed by atoms with Gasteiger partial charge in [-0.1, -0.05) is 26.3 Å². The molecule has 0 aromatic heterocycles. The molecule has 0 fully saturated rings. The van der Waals surface area contributed by atoms with Gasteiger partial charge in [-0.2, -0.15) is 0 Å². The fourth-order valence-corrected chi connectivity index (χ4v) is 1.68. The van der Waals surface area contributed by atoms with Crippen LogP contribution in [-0.2, 0) is 0 Å². The van der Waals surface area contributed by atoms with Crippen LogP contribution in [0.1, 0.15) is 44.5 Å². The topological polar surface area (TPSA) is 38.3 Å². The molecule has 1 N–H and O–H groups in total. The van der Waals surface area contributed by atoms with E-state index in [-0.39, 0.29) is 11.9 Å². The van der Waals surface area contributed by atoms with Gasteiger partial charge in [-0.25, -0.2) is 0 Å². The lowest BCUT2D eigenvalue weighted by Gasteiger charge is -2.20. The lowest BCUT2D eigenvalue weighted by molar-refractivity contribution is 0.0927. The first-order chi connectivity index (χ1) is 8.58. The van der Waals surface area contributed by atoms with Crippen LogP contribution in [0.2, 0.25) is 0 Å². The summed E-state index contributed by atoms with van der Waals surface area (Å²) in [7, 11) is 0. The third-order valence-corrected chi connectivity index (χ3v) is 3.26. The smallest absolute Gasteiger partial charge is 0.251 e. The monoisotopic (exact) mass is 249 g/mol. The van der Waals surface area contributed by atoms with Gasteiger partial charge in [0.05, 0.1) is 6.61 Å². The molecule has 0 saturated carbocycles. The van der Waals surface area contributed by atoms with Crippen molar-refractivity contribution in [3.05, 3.63) is 29.8 Å². The van der Waals surface area contributed by atoms with Crippen molar-refractivity contribution in [3.63, 3.8) is 0 Å². The fourth-order valence-electron chi connectivity index (χ4n) is 1.68. The summed E-state index contributed by atoms with van der Waals surface area (Å²) in [4.78, 5) is 12.1. The second-order valence-electron chi connectivity index (χ2n) is 4.61. The Morgan fingerprint density at radius 1 is 1.33 bits per heavy atom. The standard InChI is InChI=1S/C15H23NO2/c1-5-11(3)12(4)16-15(17)13-8-7-9-14(10-13)18-6-2/h7-12H,5-6H2,1-4H3,(H,16,17)/t11?,12-/m0/s1. The molecule has 0 bridgehead atoms. The number of benzene rings is 1. The predicted molar refractivity (Wildman–Crippen MR) is 74.0 cm³/mol. The van der Waals surface area contributed by atoms with Crippen molar-refractivity contribution >= 4 is 5.91 Å². The molecule has 0 aliphatic rings. The van der Waals surface area contributed by atoms with Crippen LogP contribution in [0.25, 0.3) is 0 Å².